The Bertz CT molecular complexity index is 434. The summed E-state index contributed by atoms with van der Waals surface area (Å²) in [5.74, 6) is 0.846. The van der Waals surface area contributed by atoms with Gasteiger partial charge in [0.05, 0.1) is 11.6 Å². The molecule has 0 aliphatic carbocycles. The second-order valence-corrected chi connectivity index (χ2v) is 3.48. The third-order valence-corrected chi connectivity index (χ3v) is 2.50. The van der Waals surface area contributed by atoms with E-state index in [1.165, 1.54) is 0 Å². The molecular weight excluding hydrogens is 190 g/mol. The molecule has 0 bridgehead atoms. The molecule has 0 aliphatic rings. The zero-order valence-corrected chi connectivity index (χ0v) is 8.73. The first-order valence-corrected chi connectivity index (χ1v) is 5.14. The lowest BCUT2D eigenvalue weighted by Crippen LogP contribution is -2.28. The van der Waals surface area contributed by atoms with E-state index in [9.17, 15) is 0 Å². The first kappa shape index (κ1) is 9.98. The predicted octanol–water partition coefficient (Wildman–Crippen LogP) is 1.98. The van der Waals surface area contributed by atoms with Gasteiger partial charge in [-0.25, -0.2) is 4.98 Å². The minimum Gasteiger partial charge on any atom is -0.464 e. The average molecular weight is 205 g/mol. The van der Waals surface area contributed by atoms with Crippen LogP contribution in [0.15, 0.2) is 29.0 Å². The van der Waals surface area contributed by atoms with E-state index in [4.69, 9.17) is 10.2 Å². The van der Waals surface area contributed by atoms with Crippen molar-refractivity contribution in [1.82, 2.24) is 4.98 Å². The van der Waals surface area contributed by atoms with E-state index in [-0.39, 0.29) is 6.04 Å². The van der Waals surface area contributed by atoms with Gasteiger partial charge in [0.15, 0.2) is 0 Å². The van der Waals surface area contributed by atoms with Crippen molar-refractivity contribution in [2.24, 2.45) is 5.73 Å². The zero-order chi connectivity index (χ0) is 10.7. The van der Waals surface area contributed by atoms with Crippen molar-refractivity contribution in [2.75, 3.05) is 11.9 Å². The molecule has 2 heterocycles. The SMILES string of the molecule is CCC(CN)Nc1nccc2occc12. The molecule has 4 nitrogen and oxygen atoms in total. The number of anilines is 1. The maximum atomic E-state index is 5.64. The van der Waals surface area contributed by atoms with E-state index in [1.54, 1.807) is 12.5 Å². The molecule has 1 atom stereocenters. The summed E-state index contributed by atoms with van der Waals surface area (Å²) in [4.78, 5) is 4.29. The largest absolute Gasteiger partial charge is 0.464 e. The first-order chi connectivity index (χ1) is 7.35. The number of nitrogens with zero attached hydrogens (tertiary/aromatic N) is 1. The molecule has 2 rings (SSSR count). The number of nitrogens with one attached hydrogen (secondary N) is 1. The Morgan fingerprint density at radius 2 is 2.40 bits per heavy atom. The summed E-state index contributed by atoms with van der Waals surface area (Å²) >= 11 is 0. The van der Waals surface area contributed by atoms with Crippen LogP contribution in [0, 0.1) is 0 Å². The summed E-state index contributed by atoms with van der Waals surface area (Å²) in [6.07, 6.45) is 4.38. The van der Waals surface area contributed by atoms with Crippen LogP contribution in [-0.4, -0.2) is 17.6 Å². The summed E-state index contributed by atoms with van der Waals surface area (Å²) in [5.41, 5.74) is 6.48. The van der Waals surface area contributed by atoms with Gasteiger partial charge in [0.1, 0.15) is 11.4 Å². The maximum absolute atomic E-state index is 5.64. The molecule has 80 valence electrons. The number of hydrogen-bond acceptors (Lipinski definition) is 4. The molecule has 1 unspecified atom stereocenters. The van der Waals surface area contributed by atoms with Gasteiger partial charge in [0, 0.05) is 18.8 Å². The third kappa shape index (κ3) is 1.94. The van der Waals surface area contributed by atoms with Crippen LogP contribution in [0.2, 0.25) is 0 Å². The molecule has 0 aromatic carbocycles. The van der Waals surface area contributed by atoms with Gasteiger partial charge >= 0.3 is 0 Å². The minimum absolute atomic E-state index is 0.262. The van der Waals surface area contributed by atoms with Crippen molar-refractivity contribution < 1.29 is 4.42 Å². The molecule has 0 fully saturated rings. The number of rotatable bonds is 4. The van der Waals surface area contributed by atoms with E-state index in [0.29, 0.717) is 6.54 Å². The van der Waals surface area contributed by atoms with Crippen LogP contribution < -0.4 is 11.1 Å². The van der Waals surface area contributed by atoms with Crippen LogP contribution in [0.3, 0.4) is 0 Å². The van der Waals surface area contributed by atoms with E-state index < -0.39 is 0 Å². The smallest absolute Gasteiger partial charge is 0.139 e. The van der Waals surface area contributed by atoms with Gasteiger partial charge < -0.3 is 15.5 Å². The first-order valence-electron chi connectivity index (χ1n) is 5.14. The van der Waals surface area contributed by atoms with Crippen molar-refractivity contribution in [3.8, 4) is 0 Å². The monoisotopic (exact) mass is 205 g/mol. The summed E-state index contributed by atoms with van der Waals surface area (Å²) in [6.45, 7) is 2.70. The Morgan fingerprint density at radius 3 is 3.13 bits per heavy atom. The fourth-order valence-electron chi connectivity index (χ4n) is 1.53. The van der Waals surface area contributed by atoms with E-state index in [1.807, 2.05) is 12.1 Å². The quantitative estimate of drug-likeness (QED) is 0.801. The van der Waals surface area contributed by atoms with Crippen LogP contribution >= 0.6 is 0 Å². The van der Waals surface area contributed by atoms with Crippen molar-refractivity contribution in [3.05, 3.63) is 24.6 Å². The number of nitrogens with two attached hydrogens (primary N) is 1. The summed E-state index contributed by atoms with van der Waals surface area (Å²) in [7, 11) is 0. The molecule has 2 aromatic heterocycles. The van der Waals surface area contributed by atoms with E-state index >= 15 is 0 Å². The predicted molar refractivity (Wildman–Crippen MR) is 60.8 cm³/mol. The molecule has 2 aromatic rings. The van der Waals surface area contributed by atoms with Crippen molar-refractivity contribution in [1.29, 1.82) is 0 Å². The van der Waals surface area contributed by atoms with Crippen molar-refractivity contribution >= 4 is 16.8 Å². The topological polar surface area (TPSA) is 64.1 Å². The molecule has 0 saturated carbocycles. The lowest BCUT2D eigenvalue weighted by atomic mass is 10.2. The lowest BCUT2D eigenvalue weighted by Gasteiger charge is -2.15. The molecule has 0 aliphatic heterocycles. The standard InChI is InChI=1S/C11H15N3O/c1-2-8(7-12)14-11-9-4-6-15-10(9)3-5-13-11/h3-6,8H,2,7,12H2,1H3,(H,13,14). The molecule has 0 spiro atoms. The highest BCUT2D eigenvalue weighted by Gasteiger charge is 2.08. The number of aromatic nitrogens is 1. The average Bonchev–Trinajstić information content (AvgIpc) is 2.74. The molecule has 0 saturated heterocycles. The Morgan fingerprint density at radius 1 is 1.53 bits per heavy atom. The highest BCUT2D eigenvalue weighted by atomic mass is 16.3. The van der Waals surface area contributed by atoms with Gasteiger partial charge in [0.25, 0.3) is 0 Å². The van der Waals surface area contributed by atoms with Crippen LogP contribution in [-0.2, 0) is 0 Å². The molecule has 3 N–H and O–H groups in total. The third-order valence-electron chi connectivity index (χ3n) is 2.50. The normalized spacial score (nSPS) is 12.9. The number of hydrogen-bond donors (Lipinski definition) is 2. The minimum atomic E-state index is 0.262. The highest BCUT2D eigenvalue weighted by molar-refractivity contribution is 5.87. The molecule has 0 amide bonds. The van der Waals surface area contributed by atoms with Gasteiger partial charge in [-0.1, -0.05) is 6.92 Å². The van der Waals surface area contributed by atoms with E-state index in [2.05, 4.69) is 17.2 Å². The fourth-order valence-corrected chi connectivity index (χ4v) is 1.53. The Kier molecular flexibility index (Phi) is 2.87. The molecule has 0 radical (unpaired) electrons. The van der Waals surface area contributed by atoms with E-state index in [0.717, 1.165) is 23.2 Å². The Labute approximate surface area is 88.5 Å². The summed E-state index contributed by atoms with van der Waals surface area (Å²) < 4.78 is 5.30. The molecule has 15 heavy (non-hydrogen) atoms. The van der Waals surface area contributed by atoms with Crippen LogP contribution in [0.25, 0.3) is 11.0 Å². The van der Waals surface area contributed by atoms with Gasteiger partial charge in [-0.15, -0.1) is 0 Å². The van der Waals surface area contributed by atoms with Crippen molar-refractivity contribution in [3.63, 3.8) is 0 Å². The molecular formula is C11H15N3O. The fraction of sp³-hybridized carbons (Fsp3) is 0.364. The number of pyridine rings is 1. The maximum Gasteiger partial charge on any atom is 0.139 e. The van der Waals surface area contributed by atoms with Gasteiger partial charge in [-0.2, -0.15) is 0 Å². The second-order valence-electron chi connectivity index (χ2n) is 3.48. The Hall–Kier alpha value is -1.55. The summed E-state index contributed by atoms with van der Waals surface area (Å²) in [5, 5.41) is 4.32. The molecule has 4 heteroatoms. The summed E-state index contributed by atoms with van der Waals surface area (Å²) in [6, 6.07) is 4.02. The van der Waals surface area contributed by atoms with Gasteiger partial charge in [-0.05, 0) is 18.6 Å². The van der Waals surface area contributed by atoms with Crippen LogP contribution in [0.1, 0.15) is 13.3 Å². The number of fused-ring (bicyclic) bond motifs is 1. The second kappa shape index (κ2) is 4.31. The van der Waals surface area contributed by atoms with Crippen LogP contribution in [0.5, 0.6) is 0 Å². The van der Waals surface area contributed by atoms with Crippen LogP contribution in [0.4, 0.5) is 5.82 Å². The highest BCUT2D eigenvalue weighted by Crippen LogP contribution is 2.22. The Balaban J connectivity index is 2.30. The zero-order valence-electron chi connectivity index (χ0n) is 8.73. The van der Waals surface area contributed by atoms with Gasteiger partial charge in [-0.3, -0.25) is 0 Å². The lowest BCUT2D eigenvalue weighted by molar-refractivity contribution is 0.615. The number of furan rings is 1. The van der Waals surface area contributed by atoms with Crippen molar-refractivity contribution in [2.45, 2.75) is 19.4 Å². The van der Waals surface area contributed by atoms with Gasteiger partial charge in [0.2, 0.25) is 0 Å².